The summed E-state index contributed by atoms with van der Waals surface area (Å²) in [6, 6.07) is 0. The topological polar surface area (TPSA) is 43.7 Å². The predicted molar refractivity (Wildman–Crippen MR) is 117 cm³/mol. The molecule has 3 nitrogen and oxygen atoms in total. The highest BCUT2D eigenvalue weighted by molar-refractivity contribution is 5.85. The SMILES string of the molecule is CCCCCCCCCCCCCCCCCCN(C)CCC(O)O.Cl. The van der Waals surface area contributed by atoms with E-state index in [9.17, 15) is 0 Å². The Morgan fingerprint density at radius 2 is 0.923 bits per heavy atom. The second-order valence-electron chi connectivity index (χ2n) is 7.88. The molecule has 0 aliphatic rings. The van der Waals surface area contributed by atoms with E-state index in [4.69, 9.17) is 10.2 Å². The first-order chi connectivity index (χ1) is 12.2. The Balaban J connectivity index is 0. The predicted octanol–water partition coefficient (Wildman–Crippen LogP) is 6.30. The van der Waals surface area contributed by atoms with Crippen molar-refractivity contribution in [3.8, 4) is 0 Å². The van der Waals surface area contributed by atoms with Crippen LogP contribution in [0, 0.1) is 0 Å². The Bertz CT molecular complexity index is 252. The van der Waals surface area contributed by atoms with Gasteiger partial charge in [0.2, 0.25) is 0 Å². The van der Waals surface area contributed by atoms with E-state index in [2.05, 4.69) is 18.9 Å². The lowest BCUT2D eigenvalue weighted by Gasteiger charge is -2.16. The maximum absolute atomic E-state index is 8.84. The number of aliphatic hydroxyl groups excluding tert-OH is 1. The summed E-state index contributed by atoms with van der Waals surface area (Å²) in [7, 11) is 2.06. The number of nitrogens with zero attached hydrogens (tertiary/aromatic N) is 1. The van der Waals surface area contributed by atoms with E-state index in [1.54, 1.807) is 0 Å². The second kappa shape index (κ2) is 23.2. The second-order valence-corrected chi connectivity index (χ2v) is 7.88. The van der Waals surface area contributed by atoms with Crippen LogP contribution in [0.3, 0.4) is 0 Å². The summed E-state index contributed by atoms with van der Waals surface area (Å²) in [5.74, 6) is 0. The quantitative estimate of drug-likeness (QED) is 0.188. The number of hydrogen-bond acceptors (Lipinski definition) is 3. The van der Waals surface area contributed by atoms with Crippen molar-refractivity contribution in [3.05, 3.63) is 0 Å². The van der Waals surface area contributed by atoms with Crippen LogP contribution >= 0.6 is 12.4 Å². The van der Waals surface area contributed by atoms with E-state index in [0.717, 1.165) is 13.1 Å². The van der Waals surface area contributed by atoms with Crippen LogP contribution < -0.4 is 0 Å². The molecule has 0 amide bonds. The van der Waals surface area contributed by atoms with Gasteiger partial charge in [0.1, 0.15) is 0 Å². The van der Waals surface area contributed by atoms with Gasteiger partial charge in [-0.15, -0.1) is 12.4 Å². The van der Waals surface area contributed by atoms with E-state index < -0.39 is 6.29 Å². The first-order valence-corrected chi connectivity index (χ1v) is 11.2. The molecule has 160 valence electrons. The number of rotatable bonds is 20. The van der Waals surface area contributed by atoms with Gasteiger partial charge in [-0.1, -0.05) is 103 Å². The standard InChI is InChI=1S/C22H47NO2.ClH/c1-3-4-5-6-7-8-9-10-11-12-13-14-15-16-17-18-20-23(2)21-19-22(24)25;/h22,24-25H,3-21H2,1-2H3;1H. The van der Waals surface area contributed by atoms with Crippen molar-refractivity contribution in [2.75, 3.05) is 20.1 Å². The van der Waals surface area contributed by atoms with Gasteiger partial charge in [-0.3, -0.25) is 0 Å². The minimum atomic E-state index is -1.16. The molecule has 2 N–H and O–H groups in total. The summed E-state index contributed by atoms with van der Waals surface area (Å²) in [5.41, 5.74) is 0. The Labute approximate surface area is 170 Å². The molecule has 0 rings (SSSR count). The lowest BCUT2D eigenvalue weighted by atomic mass is 10.0. The third kappa shape index (κ3) is 24.2. The molecule has 4 heteroatoms. The van der Waals surface area contributed by atoms with Gasteiger partial charge in [0.25, 0.3) is 0 Å². The van der Waals surface area contributed by atoms with Crippen LogP contribution in [0.1, 0.15) is 116 Å². The Hall–Kier alpha value is 0.170. The molecule has 0 fully saturated rings. The van der Waals surface area contributed by atoms with Crippen molar-refractivity contribution in [2.24, 2.45) is 0 Å². The molecule has 0 saturated carbocycles. The Kier molecular flexibility index (Phi) is 25.3. The van der Waals surface area contributed by atoms with E-state index in [-0.39, 0.29) is 12.4 Å². The number of halogens is 1. The highest BCUT2D eigenvalue weighted by Gasteiger charge is 2.02. The normalized spacial score (nSPS) is 11.3. The van der Waals surface area contributed by atoms with E-state index in [1.807, 2.05) is 0 Å². The third-order valence-corrected chi connectivity index (χ3v) is 5.16. The minimum Gasteiger partial charge on any atom is -0.368 e. The van der Waals surface area contributed by atoms with Crippen molar-refractivity contribution in [3.63, 3.8) is 0 Å². The van der Waals surface area contributed by atoms with Crippen LogP contribution in [-0.2, 0) is 0 Å². The maximum atomic E-state index is 8.84. The molecule has 0 aromatic heterocycles. The molecule has 0 bridgehead atoms. The minimum absolute atomic E-state index is 0. The number of unbranched alkanes of at least 4 members (excludes halogenated alkanes) is 15. The molecule has 0 atom stereocenters. The summed E-state index contributed by atoms with van der Waals surface area (Å²) in [4.78, 5) is 2.20. The summed E-state index contributed by atoms with van der Waals surface area (Å²) >= 11 is 0. The largest absolute Gasteiger partial charge is 0.368 e. The molecular weight excluding hydrogens is 346 g/mol. The van der Waals surface area contributed by atoms with Crippen LogP contribution in [0.5, 0.6) is 0 Å². The van der Waals surface area contributed by atoms with Crippen molar-refractivity contribution < 1.29 is 10.2 Å². The third-order valence-electron chi connectivity index (χ3n) is 5.16. The molecule has 0 saturated heterocycles. The van der Waals surface area contributed by atoms with Crippen LogP contribution in [0.2, 0.25) is 0 Å². The van der Waals surface area contributed by atoms with Gasteiger partial charge in [-0.2, -0.15) is 0 Å². The van der Waals surface area contributed by atoms with Crippen LogP contribution in [0.15, 0.2) is 0 Å². The zero-order valence-electron chi connectivity index (χ0n) is 17.8. The Morgan fingerprint density at radius 3 is 1.27 bits per heavy atom. The van der Waals surface area contributed by atoms with Gasteiger partial charge in [-0.05, 0) is 20.0 Å². The zero-order valence-corrected chi connectivity index (χ0v) is 18.6. The molecule has 0 heterocycles. The molecule has 26 heavy (non-hydrogen) atoms. The van der Waals surface area contributed by atoms with E-state index in [0.29, 0.717) is 6.42 Å². The number of aliphatic hydroxyl groups is 2. The van der Waals surface area contributed by atoms with E-state index in [1.165, 1.54) is 103 Å². The molecule has 0 aromatic rings. The summed E-state index contributed by atoms with van der Waals surface area (Å²) in [5, 5.41) is 17.7. The van der Waals surface area contributed by atoms with Gasteiger partial charge in [0, 0.05) is 13.0 Å². The van der Waals surface area contributed by atoms with Gasteiger partial charge in [0.15, 0.2) is 6.29 Å². The summed E-state index contributed by atoms with van der Waals surface area (Å²) in [6.45, 7) is 4.13. The van der Waals surface area contributed by atoms with Crippen molar-refractivity contribution in [1.82, 2.24) is 4.90 Å². The Morgan fingerprint density at radius 1 is 0.577 bits per heavy atom. The first-order valence-electron chi connectivity index (χ1n) is 11.2. The first kappa shape index (κ1) is 28.4. The summed E-state index contributed by atoms with van der Waals surface area (Å²) in [6.07, 6.45) is 21.8. The van der Waals surface area contributed by atoms with Crippen molar-refractivity contribution in [2.45, 2.75) is 122 Å². The molecule has 0 radical (unpaired) electrons. The summed E-state index contributed by atoms with van der Waals surface area (Å²) < 4.78 is 0. The maximum Gasteiger partial charge on any atom is 0.152 e. The fourth-order valence-electron chi connectivity index (χ4n) is 3.38. The highest BCUT2D eigenvalue weighted by Crippen LogP contribution is 2.13. The fraction of sp³-hybridized carbons (Fsp3) is 1.00. The molecule has 0 aliphatic carbocycles. The molecule has 0 aromatic carbocycles. The highest BCUT2D eigenvalue weighted by atomic mass is 35.5. The van der Waals surface area contributed by atoms with Gasteiger partial charge in [-0.25, -0.2) is 0 Å². The lowest BCUT2D eigenvalue weighted by molar-refractivity contribution is -0.0493. The van der Waals surface area contributed by atoms with Crippen molar-refractivity contribution >= 4 is 12.4 Å². The van der Waals surface area contributed by atoms with Crippen LogP contribution in [0.25, 0.3) is 0 Å². The average molecular weight is 394 g/mol. The molecular formula is C22H48ClNO2. The molecule has 0 aliphatic heterocycles. The smallest absolute Gasteiger partial charge is 0.152 e. The van der Waals surface area contributed by atoms with Gasteiger partial charge in [0.05, 0.1) is 0 Å². The lowest BCUT2D eigenvalue weighted by Crippen LogP contribution is -2.24. The number of hydrogen-bond donors (Lipinski definition) is 2. The molecule has 0 spiro atoms. The van der Waals surface area contributed by atoms with E-state index >= 15 is 0 Å². The monoisotopic (exact) mass is 393 g/mol. The molecule has 0 unspecified atom stereocenters. The van der Waals surface area contributed by atoms with Gasteiger partial charge < -0.3 is 15.1 Å². The van der Waals surface area contributed by atoms with Crippen molar-refractivity contribution in [1.29, 1.82) is 0 Å². The van der Waals surface area contributed by atoms with Crippen LogP contribution in [-0.4, -0.2) is 41.5 Å². The van der Waals surface area contributed by atoms with Gasteiger partial charge >= 0.3 is 0 Å². The average Bonchev–Trinajstić information content (AvgIpc) is 2.59. The fourth-order valence-corrected chi connectivity index (χ4v) is 3.38. The zero-order chi connectivity index (χ0) is 18.6. The van der Waals surface area contributed by atoms with Crippen LogP contribution in [0.4, 0.5) is 0 Å².